The van der Waals surface area contributed by atoms with E-state index in [0.29, 0.717) is 5.56 Å². The minimum Gasteiger partial charge on any atom is -0.350 e. The summed E-state index contributed by atoms with van der Waals surface area (Å²) >= 11 is 0. The summed E-state index contributed by atoms with van der Waals surface area (Å²) in [5.74, 6) is -1.25. The molecule has 5 nitrogen and oxygen atoms in total. The van der Waals surface area contributed by atoms with Crippen LogP contribution < -0.4 is 5.32 Å². The number of aromatic nitrogens is 1. The van der Waals surface area contributed by atoms with E-state index in [1.54, 1.807) is 24.5 Å². The summed E-state index contributed by atoms with van der Waals surface area (Å²) in [5.41, 5.74) is 4.48. The molecule has 0 spiro atoms. The van der Waals surface area contributed by atoms with Crippen LogP contribution in [0.3, 0.4) is 0 Å². The van der Waals surface area contributed by atoms with Crippen LogP contribution in [-0.4, -0.2) is 21.7 Å². The van der Waals surface area contributed by atoms with Gasteiger partial charge in [-0.05, 0) is 60.9 Å². The van der Waals surface area contributed by atoms with Gasteiger partial charge in [0.05, 0.1) is 12.1 Å². The molecule has 2 heterocycles. The average Bonchev–Trinajstić information content (AvgIpc) is 2.96. The summed E-state index contributed by atoms with van der Waals surface area (Å²) in [6.07, 6.45) is 3.23. The lowest BCUT2D eigenvalue weighted by atomic mass is 10.0. The van der Waals surface area contributed by atoms with Gasteiger partial charge in [0.2, 0.25) is 0 Å². The quantitative estimate of drug-likeness (QED) is 0.650. The van der Waals surface area contributed by atoms with Crippen LogP contribution in [-0.2, 0) is 16.1 Å². The highest BCUT2D eigenvalue weighted by Gasteiger charge is 2.39. The standard InChI is InChI=1S/C24H20FN3O2/c1-15-3-8-20(16(2)13-15)27-22-21(18-4-6-19(25)7-5-18)23(29)28(24(22)30)14-17-9-11-26-12-10-17/h3-13,27H,14H2,1-2H3. The van der Waals surface area contributed by atoms with E-state index in [1.165, 1.54) is 29.2 Å². The normalized spacial score (nSPS) is 13.9. The van der Waals surface area contributed by atoms with Crippen molar-refractivity contribution in [3.8, 4) is 0 Å². The number of benzene rings is 2. The predicted octanol–water partition coefficient (Wildman–Crippen LogP) is 4.23. The summed E-state index contributed by atoms with van der Waals surface area (Å²) in [6, 6.07) is 14.9. The molecule has 150 valence electrons. The van der Waals surface area contributed by atoms with Gasteiger partial charge in [-0.2, -0.15) is 0 Å². The zero-order valence-electron chi connectivity index (χ0n) is 16.6. The minimum absolute atomic E-state index is 0.128. The van der Waals surface area contributed by atoms with E-state index in [2.05, 4.69) is 10.3 Å². The maximum Gasteiger partial charge on any atom is 0.278 e. The molecule has 0 saturated carbocycles. The summed E-state index contributed by atoms with van der Waals surface area (Å²) in [7, 11) is 0. The van der Waals surface area contributed by atoms with Crippen molar-refractivity contribution in [2.45, 2.75) is 20.4 Å². The van der Waals surface area contributed by atoms with E-state index in [-0.39, 0.29) is 17.8 Å². The molecule has 0 unspecified atom stereocenters. The predicted molar refractivity (Wildman–Crippen MR) is 113 cm³/mol. The van der Waals surface area contributed by atoms with Crippen molar-refractivity contribution >= 4 is 23.1 Å². The smallest absolute Gasteiger partial charge is 0.278 e. The van der Waals surface area contributed by atoms with E-state index in [4.69, 9.17) is 0 Å². The van der Waals surface area contributed by atoms with Gasteiger partial charge in [0.1, 0.15) is 11.5 Å². The summed E-state index contributed by atoms with van der Waals surface area (Å²) in [4.78, 5) is 31.7. The number of aryl methyl sites for hydroxylation is 2. The summed E-state index contributed by atoms with van der Waals surface area (Å²) < 4.78 is 13.4. The number of imide groups is 1. The molecule has 0 radical (unpaired) electrons. The Morgan fingerprint density at radius 3 is 2.30 bits per heavy atom. The molecular formula is C24H20FN3O2. The summed E-state index contributed by atoms with van der Waals surface area (Å²) in [5, 5.41) is 3.16. The molecule has 0 atom stereocenters. The molecule has 0 bridgehead atoms. The fourth-order valence-corrected chi connectivity index (χ4v) is 3.48. The first-order chi connectivity index (χ1) is 14.4. The van der Waals surface area contributed by atoms with Crippen LogP contribution in [0.2, 0.25) is 0 Å². The molecule has 1 aliphatic rings. The van der Waals surface area contributed by atoms with Crippen LogP contribution in [0.4, 0.5) is 10.1 Å². The Kier molecular flexibility index (Phi) is 5.14. The molecule has 1 aromatic heterocycles. The molecule has 6 heteroatoms. The molecule has 3 aromatic rings. The van der Waals surface area contributed by atoms with Crippen LogP contribution in [0, 0.1) is 19.7 Å². The highest BCUT2D eigenvalue weighted by molar-refractivity contribution is 6.36. The maximum absolute atomic E-state index is 13.4. The SMILES string of the molecule is Cc1ccc(NC2=C(c3ccc(F)cc3)C(=O)N(Cc3ccncc3)C2=O)c(C)c1. The first-order valence-corrected chi connectivity index (χ1v) is 9.53. The van der Waals surface area contributed by atoms with E-state index >= 15 is 0 Å². The molecule has 2 amide bonds. The number of hydrogen-bond acceptors (Lipinski definition) is 4. The van der Waals surface area contributed by atoms with E-state index in [1.807, 2.05) is 32.0 Å². The number of amides is 2. The first-order valence-electron chi connectivity index (χ1n) is 9.53. The van der Waals surface area contributed by atoms with Gasteiger partial charge in [0.25, 0.3) is 11.8 Å². The monoisotopic (exact) mass is 401 g/mol. The number of rotatable bonds is 5. The van der Waals surface area contributed by atoms with Gasteiger partial charge in [-0.3, -0.25) is 19.5 Å². The third-order valence-corrected chi connectivity index (χ3v) is 5.03. The van der Waals surface area contributed by atoms with Crippen LogP contribution in [0.15, 0.2) is 72.7 Å². The average molecular weight is 401 g/mol. The Balaban J connectivity index is 1.76. The Morgan fingerprint density at radius 1 is 0.933 bits per heavy atom. The number of nitrogens with zero attached hydrogens (tertiary/aromatic N) is 2. The number of nitrogens with one attached hydrogen (secondary N) is 1. The second-order valence-corrected chi connectivity index (χ2v) is 7.25. The molecule has 0 aliphatic carbocycles. The number of anilines is 1. The lowest BCUT2D eigenvalue weighted by Gasteiger charge is -2.15. The fraction of sp³-hybridized carbons (Fsp3) is 0.125. The van der Waals surface area contributed by atoms with Crippen LogP contribution in [0.5, 0.6) is 0 Å². The topological polar surface area (TPSA) is 62.3 Å². The highest BCUT2D eigenvalue weighted by Crippen LogP contribution is 2.32. The number of pyridine rings is 1. The molecule has 2 aromatic carbocycles. The molecule has 1 N–H and O–H groups in total. The molecule has 0 fully saturated rings. The van der Waals surface area contributed by atoms with Crippen molar-refractivity contribution in [3.63, 3.8) is 0 Å². The molecule has 1 aliphatic heterocycles. The van der Waals surface area contributed by atoms with E-state index in [0.717, 1.165) is 22.4 Å². The van der Waals surface area contributed by atoms with E-state index in [9.17, 15) is 14.0 Å². The van der Waals surface area contributed by atoms with Gasteiger partial charge in [0, 0.05) is 18.1 Å². The van der Waals surface area contributed by atoms with Gasteiger partial charge < -0.3 is 5.32 Å². The van der Waals surface area contributed by atoms with Gasteiger partial charge in [-0.25, -0.2) is 4.39 Å². The number of carbonyl (C=O) groups is 2. The second-order valence-electron chi connectivity index (χ2n) is 7.25. The molecule has 30 heavy (non-hydrogen) atoms. The van der Waals surface area contributed by atoms with E-state index < -0.39 is 17.6 Å². The Hall–Kier alpha value is -3.80. The maximum atomic E-state index is 13.4. The molecule has 4 rings (SSSR count). The lowest BCUT2D eigenvalue weighted by Crippen LogP contribution is -2.32. The Morgan fingerprint density at radius 2 is 1.63 bits per heavy atom. The van der Waals surface area contributed by atoms with Crippen molar-refractivity contribution in [1.82, 2.24) is 9.88 Å². The second kappa shape index (κ2) is 7.91. The van der Waals surface area contributed by atoms with Crippen molar-refractivity contribution in [2.24, 2.45) is 0 Å². The molecular weight excluding hydrogens is 381 g/mol. The number of halogens is 1. The fourth-order valence-electron chi connectivity index (χ4n) is 3.48. The van der Waals surface area contributed by atoms with Gasteiger partial charge in [-0.1, -0.05) is 29.8 Å². The van der Waals surface area contributed by atoms with Crippen LogP contribution in [0.1, 0.15) is 22.3 Å². The van der Waals surface area contributed by atoms with Gasteiger partial charge in [0.15, 0.2) is 0 Å². The van der Waals surface area contributed by atoms with Crippen LogP contribution >= 0.6 is 0 Å². The zero-order chi connectivity index (χ0) is 21.3. The van der Waals surface area contributed by atoms with Crippen molar-refractivity contribution < 1.29 is 14.0 Å². The van der Waals surface area contributed by atoms with Crippen molar-refractivity contribution in [1.29, 1.82) is 0 Å². The van der Waals surface area contributed by atoms with Gasteiger partial charge in [-0.15, -0.1) is 0 Å². The third kappa shape index (κ3) is 3.72. The Bertz CT molecular complexity index is 1150. The largest absolute Gasteiger partial charge is 0.350 e. The number of hydrogen-bond donors (Lipinski definition) is 1. The lowest BCUT2D eigenvalue weighted by molar-refractivity contribution is -0.137. The first kappa shape index (κ1) is 19.5. The van der Waals surface area contributed by atoms with Crippen LogP contribution in [0.25, 0.3) is 5.57 Å². The molecule has 0 saturated heterocycles. The minimum atomic E-state index is -0.421. The summed E-state index contributed by atoms with van der Waals surface area (Å²) in [6.45, 7) is 4.05. The zero-order valence-corrected chi connectivity index (χ0v) is 16.6. The Labute approximate surface area is 173 Å². The number of carbonyl (C=O) groups excluding carboxylic acids is 2. The van der Waals surface area contributed by atoms with Crippen molar-refractivity contribution in [3.05, 3.63) is 101 Å². The van der Waals surface area contributed by atoms with Crippen molar-refractivity contribution in [2.75, 3.05) is 5.32 Å². The highest BCUT2D eigenvalue weighted by atomic mass is 19.1. The third-order valence-electron chi connectivity index (χ3n) is 5.03. The van der Waals surface area contributed by atoms with Gasteiger partial charge >= 0.3 is 0 Å².